The van der Waals surface area contributed by atoms with Crippen molar-refractivity contribution in [1.29, 1.82) is 0 Å². The number of fused-ring (bicyclic) bond motifs is 1. The number of hydrogen-bond donors (Lipinski definition) is 0. The second kappa shape index (κ2) is 7.99. The molecule has 1 aliphatic rings. The van der Waals surface area contributed by atoms with Crippen molar-refractivity contribution >= 4 is 22.6 Å². The second-order valence-corrected chi connectivity index (χ2v) is 8.46. The summed E-state index contributed by atoms with van der Waals surface area (Å²) in [6.45, 7) is 6.81. The zero-order valence-corrected chi connectivity index (χ0v) is 17.9. The van der Waals surface area contributed by atoms with Gasteiger partial charge in [-0.3, -0.25) is 4.79 Å². The quantitative estimate of drug-likeness (QED) is 0.636. The molecule has 5 heteroatoms. The number of nitrogens with zero attached hydrogens (tertiary/aromatic N) is 4. The van der Waals surface area contributed by atoms with Crippen LogP contribution in [0, 0.1) is 13.8 Å². The lowest BCUT2D eigenvalue weighted by atomic mass is 10.1. The first kappa shape index (κ1) is 19.6. The van der Waals surface area contributed by atoms with Crippen molar-refractivity contribution in [2.75, 3.05) is 32.1 Å². The molecule has 3 aromatic rings. The number of aromatic nitrogens is 2. The number of hydrogen-bond acceptors (Lipinski definition) is 3. The molecule has 0 bridgehead atoms. The van der Waals surface area contributed by atoms with Crippen LogP contribution in [-0.4, -0.2) is 47.5 Å². The predicted octanol–water partition coefficient (Wildman–Crippen LogP) is 4.13. The topological polar surface area (TPSA) is 41.4 Å². The fourth-order valence-corrected chi connectivity index (χ4v) is 4.41. The molecule has 29 heavy (non-hydrogen) atoms. The predicted molar refractivity (Wildman–Crippen MR) is 119 cm³/mol. The Kier molecular flexibility index (Phi) is 5.41. The molecule has 152 valence electrons. The first-order valence-electron chi connectivity index (χ1n) is 10.4. The number of aryl methyl sites for hydroxylation is 3. The van der Waals surface area contributed by atoms with Crippen LogP contribution in [0.4, 0.5) is 5.69 Å². The molecule has 5 nitrogen and oxygen atoms in total. The van der Waals surface area contributed by atoms with Crippen molar-refractivity contribution in [2.24, 2.45) is 0 Å². The number of carbonyl (C=O) groups is 1. The molecule has 2 aromatic carbocycles. The summed E-state index contributed by atoms with van der Waals surface area (Å²) in [5.74, 6) is 1.36. The minimum Gasteiger partial charge on any atom is -0.328 e. The Bertz CT molecular complexity index is 1040. The molecule has 1 atom stereocenters. The monoisotopic (exact) mass is 390 g/mol. The lowest BCUT2D eigenvalue weighted by molar-refractivity contribution is -0.117. The summed E-state index contributed by atoms with van der Waals surface area (Å²) in [5, 5.41) is 0. The maximum absolute atomic E-state index is 12.9. The van der Waals surface area contributed by atoms with Crippen molar-refractivity contribution in [3.63, 3.8) is 0 Å². The zero-order valence-electron chi connectivity index (χ0n) is 17.9. The molecule has 0 aliphatic carbocycles. The normalized spacial score (nSPS) is 17.1. The van der Waals surface area contributed by atoms with Crippen LogP contribution in [0.1, 0.15) is 35.7 Å². The van der Waals surface area contributed by atoms with Crippen LogP contribution < -0.4 is 4.90 Å². The van der Waals surface area contributed by atoms with Gasteiger partial charge >= 0.3 is 0 Å². The van der Waals surface area contributed by atoms with E-state index in [0.717, 1.165) is 42.1 Å². The van der Waals surface area contributed by atoms with Crippen molar-refractivity contribution in [3.05, 3.63) is 59.4 Å². The highest BCUT2D eigenvalue weighted by molar-refractivity contribution is 5.97. The number of imidazole rings is 1. The van der Waals surface area contributed by atoms with Gasteiger partial charge in [0, 0.05) is 31.1 Å². The van der Waals surface area contributed by atoms with E-state index in [1.54, 1.807) is 0 Å². The molecule has 0 N–H and O–H groups in total. The van der Waals surface area contributed by atoms with Gasteiger partial charge in [0.15, 0.2) is 0 Å². The Hall–Kier alpha value is -2.66. The molecular weight excluding hydrogens is 360 g/mol. The summed E-state index contributed by atoms with van der Waals surface area (Å²) in [6.07, 6.45) is 1.58. The molecule has 0 spiro atoms. The standard InChI is InChI=1S/C24H30N4O/c1-17-10-11-21(18(2)14-17)28-16-19(15-23(28)29)24-25-20-8-5-6-9-22(20)27(24)13-7-12-26(3)4/h5-6,8-11,14,19H,7,12-13,15-16H2,1-4H3/t19-/m1/s1. The molecule has 1 aliphatic heterocycles. The molecule has 0 radical (unpaired) electrons. The van der Waals surface area contributed by atoms with Gasteiger partial charge in [0.05, 0.1) is 11.0 Å². The Morgan fingerprint density at radius 2 is 1.93 bits per heavy atom. The summed E-state index contributed by atoms with van der Waals surface area (Å²) < 4.78 is 2.34. The minimum atomic E-state index is 0.120. The van der Waals surface area contributed by atoms with E-state index in [9.17, 15) is 4.79 Å². The third-order valence-electron chi connectivity index (χ3n) is 5.80. The van der Waals surface area contributed by atoms with Gasteiger partial charge in [-0.2, -0.15) is 0 Å². The van der Waals surface area contributed by atoms with Crippen molar-refractivity contribution in [3.8, 4) is 0 Å². The van der Waals surface area contributed by atoms with Gasteiger partial charge in [-0.1, -0.05) is 29.8 Å². The summed E-state index contributed by atoms with van der Waals surface area (Å²) in [4.78, 5) is 22.0. The van der Waals surface area contributed by atoms with E-state index < -0.39 is 0 Å². The third-order valence-corrected chi connectivity index (χ3v) is 5.80. The fourth-order valence-electron chi connectivity index (χ4n) is 4.41. The Morgan fingerprint density at radius 3 is 2.69 bits per heavy atom. The molecule has 0 saturated carbocycles. The number of para-hydroxylation sites is 2. The molecule has 0 unspecified atom stereocenters. The van der Waals surface area contributed by atoms with E-state index in [1.807, 2.05) is 11.0 Å². The van der Waals surface area contributed by atoms with Gasteiger partial charge in [0.2, 0.25) is 5.91 Å². The number of anilines is 1. The lowest BCUT2D eigenvalue weighted by Gasteiger charge is -2.20. The number of amides is 1. The van der Waals surface area contributed by atoms with E-state index in [4.69, 9.17) is 4.98 Å². The van der Waals surface area contributed by atoms with Crippen LogP contribution in [0.25, 0.3) is 11.0 Å². The first-order chi connectivity index (χ1) is 13.9. The molecule has 1 aromatic heterocycles. The summed E-state index contributed by atoms with van der Waals surface area (Å²) in [5.41, 5.74) is 5.58. The van der Waals surface area contributed by atoms with Crippen LogP contribution in [0.5, 0.6) is 0 Å². The highest BCUT2D eigenvalue weighted by Gasteiger charge is 2.35. The minimum absolute atomic E-state index is 0.120. The Balaban J connectivity index is 1.65. The SMILES string of the molecule is Cc1ccc(N2C[C@H](c3nc4ccccc4n3CCCN(C)C)CC2=O)c(C)c1. The molecule has 2 heterocycles. The summed E-state index contributed by atoms with van der Waals surface area (Å²) in [6, 6.07) is 14.6. The smallest absolute Gasteiger partial charge is 0.227 e. The van der Waals surface area contributed by atoms with Crippen LogP contribution in [0.2, 0.25) is 0 Å². The van der Waals surface area contributed by atoms with E-state index >= 15 is 0 Å². The van der Waals surface area contributed by atoms with Gasteiger partial charge in [-0.05, 0) is 64.7 Å². The Morgan fingerprint density at radius 1 is 1.14 bits per heavy atom. The molecule has 1 saturated heterocycles. The largest absolute Gasteiger partial charge is 0.328 e. The molecule has 4 rings (SSSR count). The average Bonchev–Trinajstić information content (AvgIpc) is 3.22. The maximum atomic E-state index is 12.9. The van der Waals surface area contributed by atoms with Crippen LogP contribution in [0.15, 0.2) is 42.5 Å². The van der Waals surface area contributed by atoms with Gasteiger partial charge in [-0.25, -0.2) is 4.98 Å². The average molecular weight is 391 g/mol. The second-order valence-electron chi connectivity index (χ2n) is 8.46. The van der Waals surface area contributed by atoms with E-state index in [0.29, 0.717) is 13.0 Å². The highest BCUT2D eigenvalue weighted by Crippen LogP contribution is 2.34. The highest BCUT2D eigenvalue weighted by atomic mass is 16.2. The van der Waals surface area contributed by atoms with Crippen molar-refractivity contribution in [2.45, 2.75) is 39.2 Å². The van der Waals surface area contributed by atoms with E-state index in [-0.39, 0.29) is 11.8 Å². The molecule has 1 amide bonds. The first-order valence-corrected chi connectivity index (χ1v) is 10.4. The summed E-state index contributed by atoms with van der Waals surface area (Å²) in [7, 11) is 4.20. The van der Waals surface area contributed by atoms with Gasteiger partial charge in [-0.15, -0.1) is 0 Å². The van der Waals surface area contributed by atoms with Gasteiger partial charge in [0.25, 0.3) is 0 Å². The fraction of sp³-hybridized carbons (Fsp3) is 0.417. The molecule has 1 fully saturated rings. The van der Waals surface area contributed by atoms with Crippen molar-refractivity contribution < 1.29 is 4.79 Å². The zero-order chi connectivity index (χ0) is 20.5. The van der Waals surface area contributed by atoms with Crippen LogP contribution >= 0.6 is 0 Å². The van der Waals surface area contributed by atoms with E-state index in [1.165, 1.54) is 11.1 Å². The lowest BCUT2D eigenvalue weighted by Crippen LogP contribution is -2.25. The number of rotatable bonds is 6. The molecular formula is C24H30N4O. The van der Waals surface area contributed by atoms with Crippen LogP contribution in [0.3, 0.4) is 0 Å². The van der Waals surface area contributed by atoms with Gasteiger partial charge in [0.1, 0.15) is 5.82 Å². The summed E-state index contributed by atoms with van der Waals surface area (Å²) >= 11 is 0. The van der Waals surface area contributed by atoms with Crippen molar-refractivity contribution in [1.82, 2.24) is 14.5 Å². The maximum Gasteiger partial charge on any atom is 0.227 e. The Labute approximate surface area is 172 Å². The van der Waals surface area contributed by atoms with Crippen LogP contribution in [-0.2, 0) is 11.3 Å². The van der Waals surface area contributed by atoms with Gasteiger partial charge < -0.3 is 14.4 Å². The van der Waals surface area contributed by atoms with E-state index in [2.05, 4.69) is 73.8 Å². The number of benzene rings is 2. The third kappa shape index (κ3) is 3.92. The number of carbonyl (C=O) groups excluding carboxylic acids is 1.